The highest BCUT2D eigenvalue weighted by Gasteiger charge is 2.30. The highest BCUT2D eigenvalue weighted by Crippen LogP contribution is 2.31. The van der Waals surface area contributed by atoms with Gasteiger partial charge >= 0.3 is 6.18 Å². The number of rotatable bonds is 12. The van der Waals surface area contributed by atoms with Crippen LogP contribution in [0.25, 0.3) is 21.8 Å². The van der Waals surface area contributed by atoms with E-state index in [0.29, 0.717) is 42.8 Å². The number of halogens is 3. The Labute approximate surface area is 199 Å². The number of hydrogen-bond donors (Lipinski definition) is 5. The van der Waals surface area contributed by atoms with Gasteiger partial charge in [-0.05, 0) is 55.8 Å². The monoisotopic (exact) mass is 488 g/mol. The molecule has 0 bridgehead atoms. The van der Waals surface area contributed by atoms with Gasteiger partial charge in [0, 0.05) is 52.9 Å². The molecular formula is C24H27F3N6O2. The van der Waals surface area contributed by atoms with Gasteiger partial charge in [-0.1, -0.05) is 0 Å². The molecule has 1 amide bonds. The number of aromatic nitrogens is 3. The standard InChI is InChI=1S/C24H27F3N6O2/c25-24(26,27)17-3-4-20-15(9-17)10-18(32-20)13-29-5-1-2-7-35-8-6-30-21-11-16(23(28)34)12-22-19(21)14-31-33-22/h3-4,9-12,14,29-30,32H,1-2,5-8,13H2,(H2,28,34)(H,31,33). The van der Waals surface area contributed by atoms with Crippen molar-refractivity contribution in [3.8, 4) is 0 Å². The minimum Gasteiger partial charge on any atom is -0.382 e. The summed E-state index contributed by atoms with van der Waals surface area (Å²) in [7, 11) is 0. The quantitative estimate of drug-likeness (QED) is 0.192. The molecule has 0 atom stereocenters. The first-order chi connectivity index (χ1) is 16.8. The fourth-order valence-corrected chi connectivity index (χ4v) is 3.84. The number of nitrogens with one attached hydrogen (secondary N) is 4. The van der Waals surface area contributed by atoms with Crippen LogP contribution in [0.1, 0.15) is 34.5 Å². The molecule has 0 aliphatic carbocycles. The molecule has 8 nitrogen and oxygen atoms in total. The molecular weight excluding hydrogens is 461 g/mol. The third-order valence-electron chi connectivity index (χ3n) is 5.62. The second-order valence-corrected chi connectivity index (χ2v) is 8.24. The second kappa shape index (κ2) is 10.8. The Kier molecular flexibility index (Phi) is 7.57. The van der Waals surface area contributed by atoms with Crippen LogP contribution in [0.5, 0.6) is 0 Å². The number of alkyl halides is 3. The third-order valence-corrected chi connectivity index (χ3v) is 5.62. The zero-order chi connectivity index (χ0) is 24.8. The Hall–Kier alpha value is -3.57. The van der Waals surface area contributed by atoms with Crippen molar-refractivity contribution in [2.75, 3.05) is 31.6 Å². The molecule has 0 saturated heterocycles. The van der Waals surface area contributed by atoms with Crippen molar-refractivity contribution in [3.05, 3.63) is 59.4 Å². The molecule has 0 radical (unpaired) electrons. The number of ether oxygens (including phenoxy) is 1. The average Bonchev–Trinajstić information content (AvgIpc) is 3.45. The second-order valence-electron chi connectivity index (χ2n) is 8.24. The average molecular weight is 489 g/mol. The van der Waals surface area contributed by atoms with E-state index in [1.807, 2.05) is 0 Å². The summed E-state index contributed by atoms with van der Waals surface area (Å²) in [5.41, 5.74) is 8.17. The molecule has 186 valence electrons. The number of nitrogens with zero attached hydrogens (tertiary/aromatic N) is 1. The summed E-state index contributed by atoms with van der Waals surface area (Å²) in [6, 6.07) is 8.82. The van der Waals surface area contributed by atoms with Crippen LogP contribution in [0.15, 0.2) is 42.6 Å². The highest BCUT2D eigenvalue weighted by molar-refractivity contribution is 6.01. The number of benzene rings is 2. The van der Waals surface area contributed by atoms with Crippen molar-refractivity contribution in [2.24, 2.45) is 5.73 Å². The molecule has 0 unspecified atom stereocenters. The molecule has 0 fully saturated rings. The Morgan fingerprint density at radius 1 is 1.06 bits per heavy atom. The first-order valence-electron chi connectivity index (χ1n) is 11.3. The number of carbonyl (C=O) groups is 1. The van der Waals surface area contributed by atoms with Crippen LogP contribution < -0.4 is 16.4 Å². The maximum absolute atomic E-state index is 12.8. The molecule has 6 N–H and O–H groups in total. The number of unbranched alkanes of at least 4 members (excludes halogenated alkanes) is 1. The summed E-state index contributed by atoms with van der Waals surface area (Å²) in [6.07, 6.45) is -0.879. The number of primary amides is 1. The lowest BCUT2D eigenvalue weighted by Crippen LogP contribution is -2.16. The van der Waals surface area contributed by atoms with Gasteiger partial charge in [0.2, 0.25) is 5.91 Å². The zero-order valence-corrected chi connectivity index (χ0v) is 19.0. The van der Waals surface area contributed by atoms with Crippen LogP contribution in [0, 0.1) is 0 Å². The molecule has 4 aromatic rings. The van der Waals surface area contributed by atoms with Crippen molar-refractivity contribution in [2.45, 2.75) is 25.6 Å². The molecule has 0 aliphatic heterocycles. The van der Waals surface area contributed by atoms with E-state index >= 15 is 0 Å². The third kappa shape index (κ3) is 6.31. The van der Waals surface area contributed by atoms with Crippen LogP contribution in [0.2, 0.25) is 0 Å². The first kappa shape index (κ1) is 24.6. The number of H-pyrrole nitrogens is 2. The largest absolute Gasteiger partial charge is 0.416 e. The summed E-state index contributed by atoms with van der Waals surface area (Å²) in [6.45, 7) is 3.00. The summed E-state index contributed by atoms with van der Waals surface area (Å²) in [5, 5.41) is 14.8. The topological polar surface area (TPSA) is 121 Å². The van der Waals surface area contributed by atoms with E-state index in [9.17, 15) is 18.0 Å². The number of aromatic amines is 2. The number of hydrogen-bond acceptors (Lipinski definition) is 5. The normalized spacial score (nSPS) is 12.0. The molecule has 4 rings (SSSR count). The summed E-state index contributed by atoms with van der Waals surface area (Å²) >= 11 is 0. The Morgan fingerprint density at radius 2 is 1.91 bits per heavy atom. The van der Waals surface area contributed by atoms with Gasteiger partial charge in [0.05, 0.1) is 23.9 Å². The van der Waals surface area contributed by atoms with Crippen molar-refractivity contribution >= 4 is 33.4 Å². The summed E-state index contributed by atoms with van der Waals surface area (Å²) < 4.78 is 44.2. The Balaban J connectivity index is 1.11. The molecule has 0 saturated carbocycles. The van der Waals surface area contributed by atoms with Crippen molar-refractivity contribution < 1.29 is 22.7 Å². The minimum atomic E-state index is -4.34. The van der Waals surface area contributed by atoms with Gasteiger partial charge in [-0.15, -0.1) is 0 Å². The minimum absolute atomic E-state index is 0.399. The van der Waals surface area contributed by atoms with Gasteiger partial charge in [-0.25, -0.2) is 0 Å². The Bertz CT molecular complexity index is 1300. The number of anilines is 1. The molecule has 11 heteroatoms. The maximum Gasteiger partial charge on any atom is 0.416 e. The van der Waals surface area contributed by atoms with Crippen molar-refractivity contribution in [1.82, 2.24) is 20.5 Å². The maximum atomic E-state index is 12.8. The molecule has 0 aliphatic rings. The zero-order valence-electron chi connectivity index (χ0n) is 19.0. The van der Waals surface area contributed by atoms with Crippen LogP contribution >= 0.6 is 0 Å². The molecule has 2 aromatic heterocycles. The van der Waals surface area contributed by atoms with Crippen molar-refractivity contribution in [1.29, 1.82) is 0 Å². The molecule has 2 heterocycles. The van der Waals surface area contributed by atoms with E-state index in [1.54, 1.807) is 24.4 Å². The van der Waals surface area contributed by atoms with Crippen LogP contribution in [0.3, 0.4) is 0 Å². The van der Waals surface area contributed by atoms with E-state index in [0.717, 1.165) is 53.8 Å². The van der Waals surface area contributed by atoms with Crippen molar-refractivity contribution in [3.63, 3.8) is 0 Å². The lowest BCUT2D eigenvalue weighted by molar-refractivity contribution is -0.137. The number of amides is 1. The van der Waals surface area contributed by atoms with Crippen LogP contribution in [0.4, 0.5) is 18.9 Å². The predicted octanol–water partition coefficient (Wildman–Crippen LogP) is 4.16. The van der Waals surface area contributed by atoms with Gasteiger partial charge in [0.25, 0.3) is 0 Å². The number of nitrogens with two attached hydrogens (primary N) is 1. The van der Waals surface area contributed by atoms with E-state index in [1.165, 1.54) is 6.07 Å². The summed E-state index contributed by atoms with van der Waals surface area (Å²) in [5.74, 6) is -0.505. The fourth-order valence-electron chi connectivity index (χ4n) is 3.84. The molecule has 35 heavy (non-hydrogen) atoms. The van der Waals surface area contributed by atoms with E-state index in [-0.39, 0.29) is 0 Å². The smallest absolute Gasteiger partial charge is 0.382 e. The molecule has 2 aromatic carbocycles. The number of carbonyl (C=O) groups excluding carboxylic acids is 1. The van der Waals surface area contributed by atoms with Gasteiger partial charge < -0.3 is 26.1 Å². The number of fused-ring (bicyclic) bond motifs is 2. The molecule has 0 spiro atoms. The van der Waals surface area contributed by atoms with Gasteiger partial charge in [-0.2, -0.15) is 18.3 Å². The summed E-state index contributed by atoms with van der Waals surface area (Å²) in [4.78, 5) is 14.6. The van der Waals surface area contributed by atoms with Crippen LogP contribution in [-0.2, 0) is 17.5 Å². The van der Waals surface area contributed by atoms with E-state index in [2.05, 4.69) is 25.8 Å². The van der Waals surface area contributed by atoms with E-state index in [4.69, 9.17) is 10.5 Å². The fraction of sp³-hybridized carbons (Fsp3) is 0.333. The van der Waals surface area contributed by atoms with E-state index < -0.39 is 17.6 Å². The first-order valence-corrected chi connectivity index (χ1v) is 11.3. The lowest BCUT2D eigenvalue weighted by Gasteiger charge is -2.10. The van der Waals surface area contributed by atoms with Gasteiger partial charge in [0.15, 0.2) is 0 Å². The highest BCUT2D eigenvalue weighted by atomic mass is 19.4. The van der Waals surface area contributed by atoms with Gasteiger partial charge in [-0.3, -0.25) is 9.89 Å². The van der Waals surface area contributed by atoms with Gasteiger partial charge in [0.1, 0.15) is 0 Å². The van der Waals surface area contributed by atoms with Crippen LogP contribution in [-0.4, -0.2) is 47.4 Å². The Morgan fingerprint density at radius 3 is 2.71 bits per heavy atom. The predicted molar refractivity (Wildman–Crippen MR) is 128 cm³/mol. The lowest BCUT2D eigenvalue weighted by atomic mass is 10.1. The SMILES string of the molecule is NC(=O)c1cc(NCCOCCCCNCc2cc3cc(C(F)(F)F)ccc3[nH]2)c2cn[nH]c2c1.